The fraction of sp³-hybridized carbons (Fsp3) is 0.500. The van der Waals surface area contributed by atoms with Crippen LogP contribution in [0, 0.1) is 0 Å². The number of hydrogen-bond acceptors (Lipinski definition) is 3. The van der Waals surface area contributed by atoms with Crippen molar-refractivity contribution in [2.24, 2.45) is 0 Å². The Morgan fingerprint density at radius 3 is 2.33 bits per heavy atom. The molecule has 0 bridgehead atoms. The van der Waals surface area contributed by atoms with Gasteiger partial charge in [-0.15, -0.1) is 0 Å². The van der Waals surface area contributed by atoms with Gasteiger partial charge in [0.05, 0.1) is 6.61 Å². The average Bonchev–Trinajstić information content (AvgIpc) is 2.20. The van der Waals surface area contributed by atoms with E-state index in [1.807, 2.05) is 32.1 Å². The molecule has 1 N–H and O–H groups in total. The monoisotopic (exact) mass is 212 g/mol. The summed E-state index contributed by atoms with van der Waals surface area (Å²) in [7, 11) is 3.21. The SMILES string of the molecule is COC(OC)/C(C)=C/C=C/C(C)=C/CO. The van der Waals surface area contributed by atoms with Crippen LogP contribution in [-0.2, 0) is 9.47 Å². The van der Waals surface area contributed by atoms with E-state index in [4.69, 9.17) is 14.6 Å². The van der Waals surface area contributed by atoms with Gasteiger partial charge in [0, 0.05) is 14.2 Å². The van der Waals surface area contributed by atoms with E-state index >= 15 is 0 Å². The molecule has 0 radical (unpaired) electrons. The van der Waals surface area contributed by atoms with Crippen molar-refractivity contribution in [3.05, 3.63) is 35.5 Å². The average molecular weight is 212 g/mol. The van der Waals surface area contributed by atoms with Gasteiger partial charge in [-0.05, 0) is 19.4 Å². The second-order valence-electron chi connectivity index (χ2n) is 3.20. The van der Waals surface area contributed by atoms with Gasteiger partial charge in [0.2, 0.25) is 0 Å². The summed E-state index contributed by atoms with van der Waals surface area (Å²) < 4.78 is 10.2. The maximum Gasteiger partial charge on any atom is 0.179 e. The summed E-state index contributed by atoms with van der Waals surface area (Å²) in [4.78, 5) is 0. The second-order valence-corrected chi connectivity index (χ2v) is 3.20. The van der Waals surface area contributed by atoms with Crippen molar-refractivity contribution in [3.63, 3.8) is 0 Å². The van der Waals surface area contributed by atoms with Crippen LogP contribution in [0.15, 0.2) is 35.5 Å². The molecule has 0 aliphatic carbocycles. The van der Waals surface area contributed by atoms with E-state index in [9.17, 15) is 0 Å². The summed E-state index contributed by atoms with van der Waals surface area (Å²) in [5.74, 6) is 0. The van der Waals surface area contributed by atoms with Crippen molar-refractivity contribution in [3.8, 4) is 0 Å². The van der Waals surface area contributed by atoms with E-state index in [0.717, 1.165) is 11.1 Å². The Morgan fingerprint density at radius 1 is 1.27 bits per heavy atom. The van der Waals surface area contributed by atoms with Crippen molar-refractivity contribution in [1.82, 2.24) is 0 Å². The van der Waals surface area contributed by atoms with E-state index in [0.29, 0.717) is 0 Å². The van der Waals surface area contributed by atoms with Crippen LogP contribution in [-0.4, -0.2) is 32.2 Å². The summed E-state index contributed by atoms with van der Waals surface area (Å²) in [5, 5.41) is 8.64. The summed E-state index contributed by atoms with van der Waals surface area (Å²) >= 11 is 0. The van der Waals surface area contributed by atoms with Gasteiger partial charge < -0.3 is 14.6 Å². The summed E-state index contributed by atoms with van der Waals surface area (Å²) in [6, 6.07) is 0. The number of aliphatic hydroxyl groups excluding tert-OH is 1. The zero-order valence-corrected chi connectivity index (χ0v) is 9.86. The number of methoxy groups -OCH3 is 2. The molecule has 0 heterocycles. The third kappa shape index (κ3) is 6.23. The lowest BCUT2D eigenvalue weighted by atomic mass is 10.2. The number of aliphatic hydroxyl groups is 1. The lowest BCUT2D eigenvalue weighted by Gasteiger charge is -2.12. The lowest BCUT2D eigenvalue weighted by Crippen LogP contribution is -2.13. The summed E-state index contributed by atoms with van der Waals surface area (Å²) in [5.41, 5.74) is 2.01. The van der Waals surface area contributed by atoms with E-state index in [1.54, 1.807) is 20.3 Å². The minimum absolute atomic E-state index is 0.0671. The maximum absolute atomic E-state index is 8.64. The molecular formula is C12H20O3. The summed E-state index contributed by atoms with van der Waals surface area (Å²) in [6.45, 7) is 3.94. The molecule has 3 heteroatoms. The molecule has 0 aromatic carbocycles. The Kier molecular flexibility index (Phi) is 7.91. The first-order chi connectivity index (χ1) is 7.15. The highest BCUT2D eigenvalue weighted by Crippen LogP contribution is 2.06. The molecule has 86 valence electrons. The van der Waals surface area contributed by atoms with Crippen LogP contribution in [0.5, 0.6) is 0 Å². The van der Waals surface area contributed by atoms with Crippen LogP contribution in [0.4, 0.5) is 0 Å². The van der Waals surface area contributed by atoms with E-state index in [-0.39, 0.29) is 12.9 Å². The van der Waals surface area contributed by atoms with Crippen molar-refractivity contribution in [2.75, 3.05) is 20.8 Å². The quantitative estimate of drug-likeness (QED) is 0.541. The molecule has 0 saturated carbocycles. The fourth-order valence-corrected chi connectivity index (χ4v) is 1.11. The Hall–Kier alpha value is -0.900. The molecule has 15 heavy (non-hydrogen) atoms. The highest BCUT2D eigenvalue weighted by molar-refractivity contribution is 5.22. The molecule has 0 aromatic heterocycles. The molecular weight excluding hydrogens is 192 g/mol. The number of ether oxygens (including phenoxy) is 2. The highest BCUT2D eigenvalue weighted by Gasteiger charge is 2.04. The molecule has 0 unspecified atom stereocenters. The predicted molar refractivity (Wildman–Crippen MR) is 61.5 cm³/mol. The van der Waals surface area contributed by atoms with Gasteiger partial charge in [-0.25, -0.2) is 0 Å². The van der Waals surface area contributed by atoms with Gasteiger partial charge in [-0.1, -0.05) is 29.9 Å². The van der Waals surface area contributed by atoms with E-state index in [1.165, 1.54) is 0 Å². The fourth-order valence-electron chi connectivity index (χ4n) is 1.11. The molecule has 0 amide bonds. The number of rotatable bonds is 6. The Balaban J connectivity index is 4.32. The van der Waals surface area contributed by atoms with Gasteiger partial charge in [-0.3, -0.25) is 0 Å². The third-order valence-corrected chi connectivity index (χ3v) is 1.93. The molecule has 0 aromatic rings. The zero-order chi connectivity index (χ0) is 11.7. The minimum atomic E-state index is -0.295. The molecule has 0 aliphatic rings. The van der Waals surface area contributed by atoms with Crippen LogP contribution in [0.25, 0.3) is 0 Å². The maximum atomic E-state index is 8.64. The Bertz CT molecular complexity index is 248. The first-order valence-corrected chi connectivity index (χ1v) is 4.83. The molecule has 0 spiro atoms. The standard InChI is InChI=1S/C12H20O3/c1-10(8-9-13)6-5-7-11(2)12(14-3)15-4/h5-8,12-13H,9H2,1-4H3/b6-5+,10-8+,11-7+. The van der Waals surface area contributed by atoms with Crippen LogP contribution in [0.2, 0.25) is 0 Å². The van der Waals surface area contributed by atoms with Crippen molar-refractivity contribution >= 4 is 0 Å². The van der Waals surface area contributed by atoms with Crippen LogP contribution < -0.4 is 0 Å². The largest absolute Gasteiger partial charge is 0.392 e. The third-order valence-electron chi connectivity index (χ3n) is 1.93. The molecule has 3 nitrogen and oxygen atoms in total. The zero-order valence-electron chi connectivity index (χ0n) is 9.86. The highest BCUT2D eigenvalue weighted by atomic mass is 16.7. The first-order valence-electron chi connectivity index (χ1n) is 4.83. The molecule has 0 aliphatic heterocycles. The Morgan fingerprint density at radius 2 is 1.87 bits per heavy atom. The number of allylic oxidation sites excluding steroid dienone is 4. The second kappa shape index (κ2) is 8.41. The van der Waals surface area contributed by atoms with Gasteiger partial charge in [0.1, 0.15) is 0 Å². The van der Waals surface area contributed by atoms with Crippen molar-refractivity contribution < 1.29 is 14.6 Å². The molecule has 0 atom stereocenters. The van der Waals surface area contributed by atoms with Gasteiger partial charge in [0.15, 0.2) is 6.29 Å². The topological polar surface area (TPSA) is 38.7 Å². The molecule has 0 rings (SSSR count). The van der Waals surface area contributed by atoms with Crippen LogP contribution >= 0.6 is 0 Å². The van der Waals surface area contributed by atoms with Crippen LogP contribution in [0.1, 0.15) is 13.8 Å². The Labute approximate surface area is 91.7 Å². The first kappa shape index (κ1) is 14.1. The molecule has 0 fully saturated rings. The smallest absolute Gasteiger partial charge is 0.179 e. The van der Waals surface area contributed by atoms with Gasteiger partial charge >= 0.3 is 0 Å². The normalized spacial score (nSPS) is 14.3. The van der Waals surface area contributed by atoms with Gasteiger partial charge in [0.25, 0.3) is 0 Å². The van der Waals surface area contributed by atoms with E-state index in [2.05, 4.69) is 0 Å². The number of hydrogen-bond donors (Lipinski definition) is 1. The minimum Gasteiger partial charge on any atom is -0.392 e. The van der Waals surface area contributed by atoms with Crippen molar-refractivity contribution in [2.45, 2.75) is 20.1 Å². The predicted octanol–water partition coefficient (Wildman–Crippen LogP) is 2.05. The lowest BCUT2D eigenvalue weighted by molar-refractivity contribution is -0.0746. The van der Waals surface area contributed by atoms with Gasteiger partial charge in [-0.2, -0.15) is 0 Å². The summed E-state index contributed by atoms with van der Waals surface area (Å²) in [6.07, 6.45) is 7.19. The van der Waals surface area contributed by atoms with Crippen LogP contribution in [0.3, 0.4) is 0 Å². The molecule has 0 saturated heterocycles. The van der Waals surface area contributed by atoms with E-state index < -0.39 is 0 Å². The van der Waals surface area contributed by atoms with Crippen molar-refractivity contribution in [1.29, 1.82) is 0 Å².